The molecule has 0 saturated carbocycles. The van der Waals surface area contributed by atoms with Crippen molar-refractivity contribution in [3.05, 3.63) is 33.9 Å². The number of hydrogen-bond donors (Lipinski definition) is 2. The number of carbonyl (C=O) groups is 1. The van der Waals surface area contributed by atoms with Crippen LogP contribution in [0.15, 0.2) is 18.2 Å². The fraction of sp³-hybridized carbons (Fsp3) is 0.500. The number of nitro benzene ring substituents is 1. The summed E-state index contributed by atoms with van der Waals surface area (Å²) in [6, 6.07) is 4.67. The van der Waals surface area contributed by atoms with Crippen molar-refractivity contribution in [3.63, 3.8) is 0 Å². The van der Waals surface area contributed by atoms with Gasteiger partial charge in [0.1, 0.15) is 11.3 Å². The number of amides is 1. The maximum Gasteiger partial charge on any atom is 0.305 e. The largest absolute Gasteiger partial charge is 0.383 e. The quantitative estimate of drug-likeness (QED) is 0.433. The summed E-state index contributed by atoms with van der Waals surface area (Å²) in [6.45, 7) is 1.46. The van der Waals surface area contributed by atoms with Crippen molar-refractivity contribution in [2.45, 2.75) is 12.8 Å². The van der Waals surface area contributed by atoms with E-state index >= 15 is 0 Å². The lowest BCUT2D eigenvalue weighted by atomic mass is 10.1. The van der Waals surface area contributed by atoms with Crippen LogP contribution in [-0.4, -0.2) is 50.0 Å². The second-order valence-corrected chi connectivity index (χ2v) is 4.98. The van der Waals surface area contributed by atoms with Gasteiger partial charge in [-0.15, -0.1) is 0 Å². The van der Waals surface area contributed by atoms with E-state index < -0.39 is 10.8 Å². The maximum absolute atomic E-state index is 12.1. The van der Waals surface area contributed by atoms with Crippen LogP contribution in [0.5, 0.6) is 0 Å². The normalized spacial score (nSPS) is 10.5. The Morgan fingerprint density at radius 1 is 1.33 bits per heavy atom. The summed E-state index contributed by atoms with van der Waals surface area (Å²) in [7, 11) is 5.57. The predicted octanol–water partition coefficient (Wildman–Crippen LogP) is 1.71. The molecule has 0 aliphatic carbocycles. The van der Waals surface area contributed by atoms with E-state index in [1.807, 2.05) is 14.1 Å². The number of anilines is 1. The molecule has 0 fully saturated rings. The lowest BCUT2D eigenvalue weighted by Gasteiger charge is -2.10. The Labute approximate surface area is 124 Å². The number of carbonyl (C=O) groups excluding carboxylic acids is 1. The summed E-state index contributed by atoms with van der Waals surface area (Å²) in [5.41, 5.74) is 0.227. The van der Waals surface area contributed by atoms with Crippen LogP contribution < -0.4 is 10.6 Å². The summed E-state index contributed by atoms with van der Waals surface area (Å²) >= 11 is 0. The predicted molar refractivity (Wildman–Crippen MR) is 82.8 cm³/mol. The van der Waals surface area contributed by atoms with Crippen molar-refractivity contribution in [2.24, 2.45) is 0 Å². The summed E-state index contributed by atoms with van der Waals surface area (Å²) in [4.78, 5) is 24.8. The van der Waals surface area contributed by atoms with Gasteiger partial charge >= 0.3 is 5.69 Å². The minimum absolute atomic E-state index is 0.0828. The van der Waals surface area contributed by atoms with Gasteiger partial charge in [0.05, 0.1) is 4.92 Å². The van der Waals surface area contributed by atoms with Gasteiger partial charge in [0.2, 0.25) is 0 Å². The number of benzene rings is 1. The maximum atomic E-state index is 12.1. The first kappa shape index (κ1) is 16.9. The highest BCUT2D eigenvalue weighted by atomic mass is 16.6. The lowest BCUT2D eigenvalue weighted by molar-refractivity contribution is -0.384. The number of nitrogens with one attached hydrogen (secondary N) is 2. The lowest BCUT2D eigenvalue weighted by Crippen LogP contribution is -2.26. The first-order chi connectivity index (χ1) is 9.97. The molecule has 0 saturated heterocycles. The minimum atomic E-state index is -0.535. The van der Waals surface area contributed by atoms with Crippen LogP contribution in [0.2, 0.25) is 0 Å². The monoisotopic (exact) mass is 294 g/mol. The Morgan fingerprint density at radius 3 is 2.62 bits per heavy atom. The molecule has 0 heterocycles. The number of nitro groups is 1. The first-order valence-electron chi connectivity index (χ1n) is 6.85. The molecule has 0 spiro atoms. The smallest absolute Gasteiger partial charge is 0.305 e. The van der Waals surface area contributed by atoms with E-state index in [9.17, 15) is 14.9 Å². The third-order valence-electron chi connectivity index (χ3n) is 3.05. The standard InChI is InChI=1S/C14H22N4O3/c1-15-12-8-6-7-11(13(12)18(20)21)14(19)16-9-4-5-10-17(2)3/h6-8,15H,4-5,9-10H2,1-3H3,(H,16,19). The average Bonchev–Trinajstić information content (AvgIpc) is 2.45. The molecule has 0 unspecified atom stereocenters. The molecule has 1 amide bonds. The highest BCUT2D eigenvalue weighted by Crippen LogP contribution is 2.28. The van der Waals surface area contributed by atoms with Crippen LogP contribution in [-0.2, 0) is 0 Å². The molecule has 21 heavy (non-hydrogen) atoms. The van der Waals surface area contributed by atoms with Gasteiger partial charge in [0.15, 0.2) is 0 Å². The Kier molecular flexibility index (Phi) is 6.61. The van der Waals surface area contributed by atoms with Crippen molar-refractivity contribution < 1.29 is 9.72 Å². The zero-order chi connectivity index (χ0) is 15.8. The number of nitrogens with zero attached hydrogens (tertiary/aromatic N) is 2. The van der Waals surface area contributed by atoms with Gasteiger partial charge in [-0.3, -0.25) is 14.9 Å². The van der Waals surface area contributed by atoms with Crippen molar-refractivity contribution >= 4 is 17.3 Å². The molecule has 0 atom stereocenters. The van der Waals surface area contributed by atoms with Gasteiger partial charge in [-0.1, -0.05) is 6.07 Å². The Morgan fingerprint density at radius 2 is 2.05 bits per heavy atom. The van der Waals surface area contributed by atoms with Crippen LogP contribution in [0, 0.1) is 10.1 Å². The molecule has 0 radical (unpaired) electrons. The second kappa shape index (κ2) is 8.21. The van der Waals surface area contributed by atoms with Crippen molar-refractivity contribution in [2.75, 3.05) is 39.5 Å². The van der Waals surface area contributed by atoms with Gasteiger partial charge in [-0.2, -0.15) is 0 Å². The highest BCUT2D eigenvalue weighted by Gasteiger charge is 2.23. The molecular weight excluding hydrogens is 272 g/mol. The number of rotatable bonds is 8. The van der Waals surface area contributed by atoms with E-state index in [0.29, 0.717) is 12.2 Å². The van der Waals surface area contributed by atoms with Crippen LogP contribution in [0.3, 0.4) is 0 Å². The molecule has 2 N–H and O–H groups in total. The summed E-state index contributed by atoms with van der Waals surface area (Å²) < 4.78 is 0. The van der Waals surface area contributed by atoms with Gasteiger partial charge in [0, 0.05) is 13.6 Å². The molecule has 0 aromatic heterocycles. The molecule has 1 aromatic rings. The number of hydrogen-bond acceptors (Lipinski definition) is 5. The summed E-state index contributed by atoms with van der Waals surface area (Å²) in [5, 5.41) is 16.6. The molecule has 0 bridgehead atoms. The molecule has 116 valence electrons. The van der Waals surface area contributed by atoms with Gasteiger partial charge in [-0.05, 0) is 45.6 Å². The van der Waals surface area contributed by atoms with Crippen molar-refractivity contribution in [1.82, 2.24) is 10.2 Å². The third kappa shape index (κ3) is 5.03. The van der Waals surface area contributed by atoms with Crippen molar-refractivity contribution in [3.8, 4) is 0 Å². The highest BCUT2D eigenvalue weighted by molar-refractivity contribution is 6.00. The van der Waals surface area contributed by atoms with Crippen LogP contribution in [0.25, 0.3) is 0 Å². The number of para-hydroxylation sites is 1. The van der Waals surface area contributed by atoms with E-state index in [4.69, 9.17) is 0 Å². The summed E-state index contributed by atoms with van der Waals surface area (Å²) in [6.07, 6.45) is 1.80. The van der Waals surface area contributed by atoms with Crippen molar-refractivity contribution in [1.29, 1.82) is 0 Å². The van der Waals surface area contributed by atoms with Gasteiger partial charge in [0.25, 0.3) is 5.91 Å². The van der Waals surface area contributed by atoms with E-state index in [2.05, 4.69) is 15.5 Å². The molecular formula is C14H22N4O3. The Hall–Kier alpha value is -2.15. The SMILES string of the molecule is CNc1cccc(C(=O)NCCCCN(C)C)c1[N+](=O)[O-]. The molecule has 0 aliphatic heterocycles. The van der Waals surface area contributed by atoms with E-state index in [0.717, 1.165) is 19.4 Å². The minimum Gasteiger partial charge on any atom is -0.383 e. The fourth-order valence-electron chi connectivity index (χ4n) is 1.98. The molecule has 7 nitrogen and oxygen atoms in total. The van der Waals surface area contributed by atoms with Gasteiger partial charge < -0.3 is 15.5 Å². The zero-order valence-corrected chi connectivity index (χ0v) is 12.7. The Balaban J connectivity index is 2.68. The zero-order valence-electron chi connectivity index (χ0n) is 12.7. The topological polar surface area (TPSA) is 87.5 Å². The number of unbranched alkanes of at least 4 members (excludes halogenated alkanes) is 1. The summed E-state index contributed by atoms with van der Waals surface area (Å²) in [5.74, 6) is -0.413. The molecule has 1 aromatic carbocycles. The van der Waals surface area contributed by atoms with E-state index in [1.165, 1.54) is 6.07 Å². The van der Waals surface area contributed by atoms with Crippen LogP contribution >= 0.6 is 0 Å². The Bertz CT molecular complexity index is 503. The van der Waals surface area contributed by atoms with Gasteiger partial charge in [-0.25, -0.2) is 0 Å². The fourth-order valence-corrected chi connectivity index (χ4v) is 1.98. The molecule has 0 aliphatic rings. The van der Waals surface area contributed by atoms with Crippen LogP contribution in [0.1, 0.15) is 23.2 Å². The molecule has 1 rings (SSSR count). The average molecular weight is 294 g/mol. The third-order valence-corrected chi connectivity index (χ3v) is 3.05. The second-order valence-electron chi connectivity index (χ2n) is 4.98. The van der Waals surface area contributed by atoms with E-state index in [-0.39, 0.29) is 11.3 Å². The van der Waals surface area contributed by atoms with E-state index in [1.54, 1.807) is 19.2 Å². The van der Waals surface area contributed by atoms with Crippen LogP contribution in [0.4, 0.5) is 11.4 Å². The molecule has 7 heteroatoms. The first-order valence-corrected chi connectivity index (χ1v) is 6.85.